The van der Waals surface area contributed by atoms with E-state index in [1.807, 2.05) is 36.0 Å². The van der Waals surface area contributed by atoms with Crippen LogP contribution >= 0.6 is 0 Å². The molecule has 1 aliphatic rings. The van der Waals surface area contributed by atoms with Gasteiger partial charge in [-0.25, -0.2) is 9.97 Å². The molecule has 208 valence electrons. The number of aromatic nitrogens is 10. The highest BCUT2D eigenvalue weighted by molar-refractivity contribution is 5.84. The molecule has 0 aliphatic carbocycles. The van der Waals surface area contributed by atoms with Gasteiger partial charge in [0.2, 0.25) is 11.8 Å². The van der Waals surface area contributed by atoms with Gasteiger partial charge >= 0.3 is 0 Å². The average molecular weight is 547 g/mol. The maximum Gasteiger partial charge on any atom is 0.226 e. The van der Waals surface area contributed by atoms with Crippen LogP contribution in [0, 0.1) is 0 Å². The van der Waals surface area contributed by atoms with Crippen LogP contribution in [0.15, 0.2) is 49.2 Å². The highest BCUT2D eigenvalue weighted by atomic mass is 16.6. The van der Waals surface area contributed by atoms with Gasteiger partial charge in [0.1, 0.15) is 12.2 Å². The molecule has 0 spiro atoms. The average Bonchev–Trinajstić information content (AvgIpc) is 3.73. The van der Waals surface area contributed by atoms with Gasteiger partial charge in [-0.05, 0) is 17.2 Å². The zero-order chi connectivity index (χ0) is 27.6. The van der Waals surface area contributed by atoms with Crippen LogP contribution < -0.4 is 10.6 Å². The Hall–Kier alpha value is -4.47. The second kappa shape index (κ2) is 11.0. The summed E-state index contributed by atoms with van der Waals surface area (Å²) in [6, 6.07) is 10.2. The Morgan fingerprint density at radius 2 is 1.77 bits per heavy atom. The van der Waals surface area contributed by atoms with Crippen molar-refractivity contribution in [1.82, 2.24) is 49.3 Å². The van der Waals surface area contributed by atoms with Crippen molar-refractivity contribution in [3.8, 4) is 0 Å². The number of nitrogens with one attached hydrogen (secondary N) is 2. The maximum absolute atomic E-state index is 10.9. The zero-order valence-electron chi connectivity index (χ0n) is 22.0. The van der Waals surface area contributed by atoms with E-state index in [9.17, 15) is 10.2 Å². The quantitative estimate of drug-likeness (QED) is 0.190. The summed E-state index contributed by atoms with van der Waals surface area (Å²) < 4.78 is 9.52. The standard InChI is InChI=1S/C25H30N12O3/c1-35-12-16(28-13-35)9-11-27-25-30-21(26-10-8-15-6-4-3-5-7-15)17-23(31-25)37(14-29-17)24-19(39)18(38)20(40-24)22-32-34-36(2)33-22/h3-7,12-14,18-20,24,38-39H,8-11H2,1-2H3,(H2,26,27,30,31)/t18-,19+,20-,24+/m0/s1. The van der Waals surface area contributed by atoms with Crippen molar-refractivity contribution in [3.63, 3.8) is 0 Å². The van der Waals surface area contributed by atoms with Crippen LogP contribution in [0.3, 0.4) is 0 Å². The van der Waals surface area contributed by atoms with E-state index in [-0.39, 0.29) is 5.82 Å². The summed E-state index contributed by atoms with van der Waals surface area (Å²) in [5.74, 6) is 1.10. The van der Waals surface area contributed by atoms with Gasteiger partial charge in [0, 0.05) is 32.8 Å². The lowest BCUT2D eigenvalue weighted by Gasteiger charge is -2.17. The predicted octanol–water partition coefficient (Wildman–Crippen LogP) is 0.384. The summed E-state index contributed by atoms with van der Waals surface area (Å²) in [4.78, 5) is 19.5. The molecule has 15 nitrogen and oxygen atoms in total. The fourth-order valence-electron chi connectivity index (χ4n) is 4.69. The Morgan fingerprint density at radius 1 is 0.950 bits per heavy atom. The summed E-state index contributed by atoms with van der Waals surface area (Å²) >= 11 is 0. The van der Waals surface area contributed by atoms with Crippen molar-refractivity contribution in [1.29, 1.82) is 0 Å². The molecule has 1 aliphatic heterocycles. The molecule has 4 N–H and O–H groups in total. The number of hydrogen-bond donors (Lipinski definition) is 4. The first-order valence-electron chi connectivity index (χ1n) is 12.9. The molecular weight excluding hydrogens is 516 g/mol. The number of hydrogen-bond acceptors (Lipinski definition) is 12. The third kappa shape index (κ3) is 5.21. The molecule has 0 amide bonds. The number of aryl methyl sites for hydroxylation is 2. The number of ether oxygens (including phenoxy) is 1. The second-order valence-corrected chi connectivity index (χ2v) is 9.66. The summed E-state index contributed by atoms with van der Waals surface area (Å²) in [6.07, 6.45) is 2.21. The van der Waals surface area contributed by atoms with Crippen molar-refractivity contribution >= 4 is 22.9 Å². The molecule has 0 saturated carbocycles. The number of rotatable bonds is 10. The highest BCUT2D eigenvalue weighted by Gasteiger charge is 2.47. The molecule has 1 fully saturated rings. The van der Waals surface area contributed by atoms with Crippen molar-refractivity contribution in [2.75, 3.05) is 23.7 Å². The predicted molar refractivity (Wildman–Crippen MR) is 143 cm³/mol. The van der Waals surface area contributed by atoms with Crippen molar-refractivity contribution in [2.45, 2.75) is 37.4 Å². The monoisotopic (exact) mass is 546 g/mol. The van der Waals surface area contributed by atoms with Gasteiger partial charge in [-0.3, -0.25) is 4.57 Å². The molecule has 5 aromatic rings. The second-order valence-electron chi connectivity index (χ2n) is 9.66. The third-order valence-corrected chi connectivity index (χ3v) is 6.68. The van der Waals surface area contributed by atoms with E-state index in [1.54, 1.807) is 17.9 Å². The third-order valence-electron chi connectivity index (χ3n) is 6.68. The number of imidazole rings is 2. The van der Waals surface area contributed by atoms with Crippen LogP contribution in [0.1, 0.15) is 29.4 Å². The van der Waals surface area contributed by atoms with E-state index < -0.39 is 24.5 Å². The summed E-state index contributed by atoms with van der Waals surface area (Å²) in [5.41, 5.74) is 3.08. The van der Waals surface area contributed by atoms with Crippen molar-refractivity contribution in [2.24, 2.45) is 14.1 Å². The number of tetrazole rings is 1. The molecule has 6 rings (SSSR count). The number of nitrogens with zero attached hydrogens (tertiary/aromatic N) is 10. The number of anilines is 2. The van der Waals surface area contributed by atoms with Gasteiger partial charge in [-0.1, -0.05) is 30.3 Å². The largest absolute Gasteiger partial charge is 0.387 e. The minimum Gasteiger partial charge on any atom is -0.387 e. The normalized spacial score (nSPS) is 20.8. The highest BCUT2D eigenvalue weighted by Crippen LogP contribution is 2.39. The zero-order valence-corrected chi connectivity index (χ0v) is 22.0. The minimum absolute atomic E-state index is 0.177. The molecule has 0 bridgehead atoms. The molecule has 4 aromatic heterocycles. The number of aliphatic hydroxyl groups excluding tert-OH is 2. The fraction of sp³-hybridized carbons (Fsp3) is 0.400. The van der Waals surface area contributed by atoms with Gasteiger partial charge in [-0.2, -0.15) is 14.8 Å². The first-order chi connectivity index (χ1) is 19.5. The lowest BCUT2D eigenvalue weighted by atomic mass is 10.1. The van der Waals surface area contributed by atoms with E-state index in [2.05, 4.69) is 53.1 Å². The van der Waals surface area contributed by atoms with E-state index in [1.165, 1.54) is 16.7 Å². The lowest BCUT2D eigenvalue weighted by molar-refractivity contribution is -0.0384. The van der Waals surface area contributed by atoms with Crippen LogP contribution in [0.2, 0.25) is 0 Å². The molecule has 0 unspecified atom stereocenters. The van der Waals surface area contributed by atoms with Crippen LogP contribution in [0.5, 0.6) is 0 Å². The number of benzene rings is 1. The van der Waals surface area contributed by atoms with Gasteiger partial charge < -0.3 is 30.2 Å². The Bertz CT molecular complexity index is 1580. The first-order valence-corrected chi connectivity index (χ1v) is 12.9. The summed E-state index contributed by atoms with van der Waals surface area (Å²) in [6.45, 7) is 1.18. The Labute approximate surface area is 228 Å². The smallest absolute Gasteiger partial charge is 0.226 e. The number of fused-ring (bicyclic) bond motifs is 1. The molecule has 15 heteroatoms. The Morgan fingerprint density at radius 3 is 2.52 bits per heavy atom. The Balaban J connectivity index is 1.27. The molecule has 1 saturated heterocycles. The maximum atomic E-state index is 10.9. The van der Waals surface area contributed by atoms with Crippen LogP contribution in [-0.4, -0.2) is 84.8 Å². The van der Waals surface area contributed by atoms with Crippen molar-refractivity contribution < 1.29 is 14.9 Å². The van der Waals surface area contributed by atoms with E-state index in [4.69, 9.17) is 9.72 Å². The Kier molecular flexibility index (Phi) is 7.06. The molecule has 4 atom stereocenters. The molecule has 5 heterocycles. The van der Waals surface area contributed by atoms with Crippen LogP contribution in [-0.2, 0) is 31.7 Å². The van der Waals surface area contributed by atoms with E-state index >= 15 is 0 Å². The first kappa shape index (κ1) is 25.8. The van der Waals surface area contributed by atoms with Gasteiger partial charge in [0.15, 0.2) is 29.3 Å². The minimum atomic E-state index is -1.28. The van der Waals surface area contributed by atoms with E-state index in [0.717, 1.165) is 12.1 Å². The van der Waals surface area contributed by atoms with E-state index in [0.29, 0.717) is 42.4 Å². The molecule has 1 aromatic carbocycles. The summed E-state index contributed by atoms with van der Waals surface area (Å²) in [7, 11) is 3.54. The van der Waals surface area contributed by atoms with Gasteiger partial charge in [0.25, 0.3) is 0 Å². The van der Waals surface area contributed by atoms with Crippen LogP contribution in [0.25, 0.3) is 11.2 Å². The summed E-state index contributed by atoms with van der Waals surface area (Å²) in [5, 5.41) is 40.2. The SMILES string of the molecule is Cn1cnc(CCNc2nc(NCCc3ccccc3)c3ncn([C@@H]4O[C@H](c5nnn(C)n5)[C@@H](O)[C@H]4O)c3n2)c1. The van der Waals surface area contributed by atoms with Crippen LogP contribution in [0.4, 0.5) is 11.8 Å². The van der Waals surface area contributed by atoms with Crippen molar-refractivity contribution in [3.05, 3.63) is 66.3 Å². The topological polar surface area (TPSA) is 179 Å². The lowest BCUT2D eigenvalue weighted by Crippen LogP contribution is -2.29. The van der Waals surface area contributed by atoms with Gasteiger partial charge in [0.05, 0.1) is 25.4 Å². The number of aliphatic hydroxyl groups is 2. The fourth-order valence-corrected chi connectivity index (χ4v) is 4.69. The molecule has 40 heavy (non-hydrogen) atoms. The van der Waals surface area contributed by atoms with Gasteiger partial charge in [-0.15, -0.1) is 10.2 Å². The molecular formula is C25H30N12O3. The molecule has 0 radical (unpaired) electrons.